The average molecular weight is 248 g/mol. The van der Waals surface area contributed by atoms with Crippen molar-refractivity contribution >= 4 is 17.3 Å². The number of para-hydroxylation sites is 2. The SMILES string of the molecule is O=C(NNc1ccccc1[N+](=O)[O-])c1cn[nH]n1. The fourth-order valence-electron chi connectivity index (χ4n) is 1.24. The summed E-state index contributed by atoms with van der Waals surface area (Å²) in [5.74, 6) is -0.554. The zero-order valence-electron chi connectivity index (χ0n) is 8.95. The number of hydrogen-bond acceptors (Lipinski definition) is 6. The predicted molar refractivity (Wildman–Crippen MR) is 60.6 cm³/mol. The minimum absolute atomic E-state index is 0.0704. The Morgan fingerprint density at radius 3 is 2.83 bits per heavy atom. The van der Waals surface area contributed by atoms with Gasteiger partial charge in [-0.2, -0.15) is 15.4 Å². The number of carbonyl (C=O) groups is 1. The number of carbonyl (C=O) groups excluding carboxylic acids is 1. The zero-order chi connectivity index (χ0) is 13.0. The Labute approximate surface area is 100 Å². The van der Waals surface area contributed by atoms with Crippen molar-refractivity contribution in [3.63, 3.8) is 0 Å². The summed E-state index contributed by atoms with van der Waals surface area (Å²) in [6.45, 7) is 0. The van der Waals surface area contributed by atoms with Gasteiger partial charge in [0.25, 0.3) is 11.6 Å². The molecule has 2 rings (SSSR count). The summed E-state index contributed by atoms with van der Waals surface area (Å²) in [4.78, 5) is 21.7. The number of nitro benzene ring substituents is 1. The van der Waals surface area contributed by atoms with E-state index >= 15 is 0 Å². The molecule has 18 heavy (non-hydrogen) atoms. The van der Waals surface area contributed by atoms with Crippen molar-refractivity contribution in [1.29, 1.82) is 0 Å². The molecule has 0 bridgehead atoms. The third-order valence-electron chi connectivity index (χ3n) is 2.06. The first-order valence-corrected chi connectivity index (χ1v) is 4.84. The van der Waals surface area contributed by atoms with E-state index in [-0.39, 0.29) is 17.1 Å². The Morgan fingerprint density at radius 1 is 1.39 bits per heavy atom. The van der Waals surface area contributed by atoms with E-state index in [4.69, 9.17) is 0 Å². The number of hydrazine groups is 1. The van der Waals surface area contributed by atoms with E-state index in [0.717, 1.165) is 0 Å². The molecule has 9 nitrogen and oxygen atoms in total. The first-order chi connectivity index (χ1) is 8.68. The molecule has 92 valence electrons. The summed E-state index contributed by atoms with van der Waals surface area (Å²) in [6, 6.07) is 5.94. The van der Waals surface area contributed by atoms with Gasteiger partial charge in [0.05, 0.1) is 11.1 Å². The van der Waals surface area contributed by atoms with Gasteiger partial charge in [-0.05, 0) is 6.07 Å². The molecular formula is C9H8N6O3. The Kier molecular flexibility index (Phi) is 3.14. The maximum atomic E-state index is 11.5. The largest absolute Gasteiger partial charge is 0.294 e. The van der Waals surface area contributed by atoms with Crippen LogP contribution in [0.2, 0.25) is 0 Å². The van der Waals surface area contributed by atoms with Crippen molar-refractivity contribution < 1.29 is 9.72 Å². The fraction of sp³-hybridized carbons (Fsp3) is 0. The highest BCUT2D eigenvalue weighted by Gasteiger charge is 2.14. The van der Waals surface area contributed by atoms with Crippen LogP contribution in [0.5, 0.6) is 0 Å². The number of benzene rings is 1. The van der Waals surface area contributed by atoms with Crippen molar-refractivity contribution in [1.82, 2.24) is 20.8 Å². The van der Waals surface area contributed by atoms with E-state index < -0.39 is 10.8 Å². The number of H-pyrrole nitrogens is 1. The van der Waals surface area contributed by atoms with Gasteiger partial charge in [0, 0.05) is 6.07 Å². The van der Waals surface area contributed by atoms with Crippen LogP contribution in [0.1, 0.15) is 10.5 Å². The quantitative estimate of drug-likeness (QED) is 0.533. The summed E-state index contributed by atoms with van der Waals surface area (Å²) in [6.07, 6.45) is 1.23. The van der Waals surface area contributed by atoms with E-state index in [2.05, 4.69) is 26.3 Å². The standard InChI is InChI=1S/C9H8N6O3/c16-9(7-5-10-14-12-7)13-11-6-3-1-2-4-8(6)15(17)18/h1-5,11H,(H,13,16)(H,10,12,14). The van der Waals surface area contributed by atoms with Crippen LogP contribution in [0.3, 0.4) is 0 Å². The average Bonchev–Trinajstić information content (AvgIpc) is 2.90. The maximum absolute atomic E-state index is 11.5. The highest BCUT2D eigenvalue weighted by molar-refractivity contribution is 5.92. The molecule has 0 atom stereocenters. The molecule has 1 aromatic carbocycles. The van der Waals surface area contributed by atoms with Crippen molar-refractivity contribution in [2.24, 2.45) is 0 Å². The molecule has 0 spiro atoms. The first kappa shape index (κ1) is 11.5. The number of aromatic nitrogens is 3. The number of nitrogens with one attached hydrogen (secondary N) is 3. The zero-order valence-corrected chi connectivity index (χ0v) is 8.95. The van der Waals surface area contributed by atoms with E-state index in [0.29, 0.717) is 0 Å². The molecule has 0 fully saturated rings. The van der Waals surface area contributed by atoms with Crippen LogP contribution in [0.15, 0.2) is 30.5 Å². The fourth-order valence-corrected chi connectivity index (χ4v) is 1.24. The topological polar surface area (TPSA) is 126 Å². The lowest BCUT2D eigenvalue weighted by Gasteiger charge is -2.06. The molecule has 9 heteroatoms. The molecule has 3 N–H and O–H groups in total. The highest BCUT2D eigenvalue weighted by atomic mass is 16.6. The number of amides is 1. The number of hydrogen-bond donors (Lipinski definition) is 3. The summed E-state index contributed by atoms with van der Waals surface area (Å²) < 4.78 is 0. The number of nitro groups is 1. The summed E-state index contributed by atoms with van der Waals surface area (Å²) in [5, 5.41) is 20.0. The Balaban J connectivity index is 2.07. The normalized spacial score (nSPS) is 9.78. The van der Waals surface area contributed by atoms with Crippen LogP contribution in [0, 0.1) is 10.1 Å². The molecule has 0 aliphatic rings. The summed E-state index contributed by atoms with van der Waals surface area (Å²) in [5.41, 5.74) is 4.85. The van der Waals surface area contributed by atoms with Gasteiger partial charge in [-0.15, -0.1) is 0 Å². The maximum Gasteiger partial charge on any atom is 0.294 e. The number of nitrogens with zero attached hydrogens (tertiary/aromatic N) is 3. The van der Waals surface area contributed by atoms with Gasteiger partial charge < -0.3 is 0 Å². The Hall–Kier alpha value is -2.97. The van der Waals surface area contributed by atoms with Gasteiger partial charge in [-0.25, -0.2) is 0 Å². The molecule has 2 aromatic rings. The molecule has 0 unspecified atom stereocenters. The van der Waals surface area contributed by atoms with Gasteiger partial charge in [-0.1, -0.05) is 12.1 Å². The number of rotatable bonds is 4. The minimum atomic E-state index is -0.554. The third kappa shape index (κ3) is 2.40. The smallest absolute Gasteiger partial charge is 0.292 e. The van der Waals surface area contributed by atoms with Gasteiger partial charge in [0.2, 0.25) is 0 Å². The molecule has 1 aromatic heterocycles. The second-order valence-corrected chi connectivity index (χ2v) is 3.21. The molecule has 1 heterocycles. The Bertz CT molecular complexity index is 567. The van der Waals surface area contributed by atoms with Gasteiger partial charge in [-0.3, -0.25) is 25.8 Å². The van der Waals surface area contributed by atoms with E-state index in [1.165, 1.54) is 24.4 Å². The van der Waals surface area contributed by atoms with Crippen molar-refractivity contribution in [2.75, 3.05) is 5.43 Å². The second kappa shape index (κ2) is 4.91. The predicted octanol–water partition coefficient (Wildman–Crippen LogP) is 0.470. The van der Waals surface area contributed by atoms with Crippen LogP contribution < -0.4 is 10.9 Å². The molecule has 1 amide bonds. The first-order valence-electron chi connectivity index (χ1n) is 4.84. The lowest BCUT2D eigenvalue weighted by Crippen LogP contribution is -2.29. The molecule has 0 aliphatic carbocycles. The highest BCUT2D eigenvalue weighted by Crippen LogP contribution is 2.22. The van der Waals surface area contributed by atoms with Gasteiger partial charge >= 0.3 is 0 Å². The van der Waals surface area contributed by atoms with Crippen molar-refractivity contribution in [3.05, 3.63) is 46.3 Å². The number of aromatic amines is 1. The lowest BCUT2D eigenvalue weighted by molar-refractivity contribution is -0.384. The molecule has 0 radical (unpaired) electrons. The number of anilines is 1. The minimum Gasteiger partial charge on any atom is -0.292 e. The van der Waals surface area contributed by atoms with Gasteiger partial charge in [0.15, 0.2) is 5.69 Å². The summed E-state index contributed by atoms with van der Waals surface area (Å²) in [7, 11) is 0. The summed E-state index contributed by atoms with van der Waals surface area (Å²) >= 11 is 0. The van der Waals surface area contributed by atoms with Crippen LogP contribution in [0.4, 0.5) is 11.4 Å². The van der Waals surface area contributed by atoms with Crippen molar-refractivity contribution in [3.8, 4) is 0 Å². The molecule has 0 saturated carbocycles. The van der Waals surface area contributed by atoms with Crippen LogP contribution in [-0.4, -0.2) is 26.2 Å². The van der Waals surface area contributed by atoms with Crippen LogP contribution in [0.25, 0.3) is 0 Å². The van der Waals surface area contributed by atoms with Crippen LogP contribution >= 0.6 is 0 Å². The van der Waals surface area contributed by atoms with E-state index in [1.54, 1.807) is 6.07 Å². The third-order valence-corrected chi connectivity index (χ3v) is 2.06. The Morgan fingerprint density at radius 2 is 2.17 bits per heavy atom. The molecule has 0 saturated heterocycles. The van der Waals surface area contributed by atoms with Gasteiger partial charge in [0.1, 0.15) is 5.69 Å². The molecule has 0 aliphatic heterocycles. The monoisotopic (exact) mass is 248 g/mol. The lowest BCUT2D eigenvalue weighted by atomic mass is 10.3. The molecular weight excluding hydrogens is 240 g/mol. The van der Waals surface area contributed by atoms with E-state index in [1.807, 2.05) is 0 Å². The second-order valence-electron chi connectivity index (χ2n) is 3.21. The van der Waals surface area contributed by atoms with Crippen molar-refractivity contribution in [2.45, 2.75) is 0 Å². The van der Waals surface area contributed by atoms with E-state index in [9.17, 15) is 14.9 Å². The van der Waals surface area contributed by atoms with Crippen LogP contribution in [-0.2, 0) is 0 Å².